The van der Waals surface area contributed by atoms with Crippen LogP contribution in [0.1, 0.15) is 0 Å². The Hall–Kier alpha value is 4.79. The molecule has 0 atom stereocenters. The van der Waals surface area contributed by atoms with Gasteiger partial charge in [-0.3, -0.25) is 0 Å². The first kappa shape index (κ1) is 33.0. The Morgan fingerprint density at radius 2 is 1.00 bits per heavy atom. The van der Waals surface area contributed by atoms with Crippen molar-refractivity contribution in [3.8, 4) is 0 Å². The van der Waals surface area contributed by atoms with Gasteiger partial charge in [0.05, 0.1) is 0 Å². The summed E-state index contributed by atoms with van der Waals surface area (Å²) >= 11 is 0. The molecule has 0 aromatic carbocycles. The molecule has 0 heterocycles. The molecule has 0 aromatic rings. The zero-order chi connectivity index (χ0) is 0. The molecule has 0 aliphatic carbocycles. The largest absolute Gasteiger partial charge is 0 e. The normalized spacial score (nSPS) is 0. The Labute approximate surface area is 142 Å². The molecule has 0 saturated heterocycles. The van der Waals surface area contributed by atoms with E-state index in [9.17, 15) is 0 Å². The van der Waals surface area contributed by atoms with Crippen LogP contribution in [-0.2, 0) is 38.8 Å². The van der Waals surface area contributed by atoms with E-state index in [0.717, 1.165) is 0 Å². The molecule has 0 bridgehead atoms. The summed E-state index contributed by atoms with van der Waals surface area (Å²) in [5.74, 6) is 0. The van der Waals surface area contributed by atoms with Crippen LogP contribution in [0.2, 0.25) is 0 Å². The van der Waals surface area contributed by atoms with Crippen LogP contribution >= 0.6 is 0 Å². The van der Waals surface area contributed by atoms with Gasteiger partial charge in [-0.15, -0.1) is 0 Å². The Morgan fingerprint density at radius 3 is 1.00 bits per heavy atom. The van der Waals surface area contributed by atoms with Crippen molar-refractivity contribution in [2.75, 3.05) is 0 Å². The van der Waals surface area contributed by atoms with Crippen LogP contribution in [0.4, 0.5) is 0 Å². The average Bonchev–Trinajstić information content (AvgIpc) is 0. The molecule has 0 unspecified atom stereocenters. The van der Waals surface area contributed by atoms with E-state index in [0.29, 0.717) is 0 Å². The molecule has 0 spiro atoms. The van der Waals surface area contributed by atoms with Crippen molar-refractivity contribution < 1.29 is 74.4 Å². The third-order valence-electron chi connectivity index (χ3n) is 0. The molecule has 0 amide bonds. The zero-order valence-electron chi connectivity index (χ0n) is 1.90. The van der Waals surface area contributed by atoms with Crippen LogP contribution in [0.3, 0.4) is 0 Å². The van der Waals surface area contributed by atoms with Crippen molar-refractivity contribution in [2.45, 2.75) is 0 Å². The van der Waals surface area contributed by atoms with Gasteiger partial charge in [0, 0.05) is 101 Å². The summed E-state index contributed by atoms with van der Waals surface area (Å²) in [5, 5.41) is 0. The second kappa shape index (κ2) is 23.2. The molecule has 5 radical (unpaired) electrons. The van der Waals surface area contributed by atoms with Gasteiger partial charge in [0.15, 0.2) is 0 Å². The quantitative estimate of drug-likeness (QED) is 0.336. The summed E-state index contributed by atoms with van der Waals surface area (Å²) in [4.78, 5) is 0. The molecule has 0 aliphatic heterocycles. The van der Waals surface area contributed by atoms with Gasteiger partial charge in [0.25, 0.3) is 0 Å². The van der Waals surface area contributed by atoms with Crippen LogP contribution in [0.5, 0.6) is 0 Å². The first-order valence-corrected chi connectivity index (χ1v) is 0. The number of rotatable bonds is 0. The number of hydrogen-bond acceptors (Lipinski definition) is 0. The minimum atomic E-state index is 0. The van der Waals surface area contributed by atoms with E-state index in [1.165, 1.54) is 0 Å². The molecule has 0 rings (SSSR count). The third kappa shape index (κ3) is 17.7. The molecular formula is H2BiLaMnSrTi. The van der Waals surface area contributed by atoms with Gasteiger partial charge in [-0.2, -0.15) is 0 Å². The van der Waals surface area contributed by atoms with E-state index in [-0.39, 0.29) is 146 Å². The fourth-order valence-electron chi connectivity index (χ4n) is 0. The molecular weight excluding hydrogens is 538 g/mol. The second-order valence-electron chi connectivity index (χ2n) is 0. The van der Waals surface area contributed by atoms with E-state index in [2.05, 4.69) is 0 Å². The molecule has 0 saturated carbocycles. The molecule has 0 N–H and O–H groups in total. The molecule has 5 heavy (non-hydrogen) atoms. The van der Waals surface area contributed by atoms with Gasteiger partial charge >= 0.3 is 45.5 Å². The predicted molar refractivity (Wildman–Crippen MR) is 14.3 cm³/mol. The minimum Gasteiger partial charge on any atom is 0 e. The first-order valence-electron chi connectivity index (χ1n) is 0. The maximum Gasteiger partial charge on any atom is 0 e. The van der Waals surface area contributed by atoms with Crippen LogP contribution in [0, 0.1) is 35.6 Å². The van der Waals surface area contributed by atoms with Gasteiger partial charge in [-0.05, 0) is 0 Å². The van der Waals surface area contributed by atoms with Crippen molar-refractivity contribution in [2.24, 2.45) is 0 Å². The first-order chi connectivity index (χ1) is 0. The van der Waals surface area contributed by atoms with Gasteiger partial charge in [0.1, 0.15) is 0 Å². The average molecular weight is 540 g/mol. The fraction of sp³-hybridized carbons (Fsp3) is 0. The molecule has 0 aliphatic rings. The van der Waals surface area contributed by atoms with Crippen LogP contribution in [0.15, 0.2) is 0 Å². The summed E-state index contributed by atoms with van der Waals surface area (Å²) < 4.78 is 0. The van der Waals surface area contributed by atoms with E-state index in [1.54, 1.807) is 0 Å². The standard InChI is InChI=1S/Bi.La.Mn.Sr.Ti.2H. The zero-order valence-corrected chi connectivity index (χ0v) is 11.7. The summed E-state index contributed by atoms with van der Waals surface area (Å²) in [6.45, 7) is 0. The predicted octanol–water partition coefficient (Wildman–Crippen LogP) is -1.30. The topological polar surface area (TPSA) is 0 Å². The molecule has 0 nitrogen and oxygen atoms in total. The van der Waals surface area contributed by atoms with Crippen LogP contribution < -0.4 is 0 Å². The summed E-state index contributed by atoms with van der Waals surface area (Å²) in [5.41, 5.74) is 0. The summed E-state index contributed by atoms with van der Waals surface area (Å²) in [7, 11) is 0. The Kier molecular flexibility index (Phi) is 153. The van der Waals surface area contributed by atoms with Gasteiger partial charge in [0.2, 0.25) is 0 Å². The third-order valence-corrected chi connectivity index (χ3v) is 0. The summed E-state index contributed by atoms with van der Waals surface area (Å²) in [6.07, 6.45) is 0. The van der Waals surface area contributed by atoms with Crippen molar-refractivity contribution in [3.05, 3.63) is 0 Å². The van der Waals surface area contributed by atoms with E-state index >= 15 is 0 Å². The van der Waals surface area contributed by atoms with Gasteiger partial charge < -0.3 is 0 Å². The minimum absolute atomic E-state index is 0. The Morgan fingerprint density at radius 1 is 1.00 bits per heavy atom. The molecule has 5 heteroatoms. The molecule has 0 fully saturated rings. The van der Waals surface area contributed by atoms with Crippen molar-refractivity contribution in [3.63, 3.8) is 0 Å². The van der Waals surface area contributed by atoms with Crippen molar-refractivity contribution >= 4 is 71.7 Å². The van der Waals surface area contributed by atoms with Gasteiger partial charge in [-0.25, -0.2) is 0 Å². The second-order valence-corrected chi connectivity index (χ2v) is 0. The van der Waals surface area contributed by atoms with E-state index in [1.807, 2.05) is 0 Å². The molecule has 23 valence electrons. The van der Waals surface area contributed by atoms with Crippen molar-refractivity contribution in [1.82, 2.24) is 0 Å². The summed E-state index contributed by atoms with van der Waals surface area (Å²) in [6, 6.07) is 0. The molecule has 0 aromatic heterocycles. The monoisotopic (exact) mass is 541 g/mol. The van der Waals surface area contributed by atoms with Crippen LogP contribution in [-0.4, -0.2) is 71.7 Å². The number of hydrogen-bond donors (Lipinski definition) is 0. The fourth-order valence-corrected chi connectivity index (χ4v) is 0. The van der Waals surface area contributed by atoms with E-state index < -0.39 is 0 Å². The maximum atomic E-state index is 0. The van der Waals surface area contributed by atoms with Gasteiger partial charge in [-0.1, -0.05) is 0 Å². The smallest absolute Gasteiger partial charge is 0 e. The Balaban J connectivity index is 0. The Bertz CT molecular complexity index is 11.6. The van der Waals surface area contributed by atoms with E-state index in [4.69, 9.17) is 0 Å². The maximum absolute atomic E-state index is 0. The SMILES string of the molecule is [Bi].[La].[Mn].[SrH2].[Ti]. The van der Waals surface area contributed by atoms with Crippen molar-refractivity contribution in [1.29, 1.82) is 0 Å². The van der Waals surface area contributed by atoms with Crippen LogP contribution in [0.25, 0.3) is 0 Å².